The number of ether oxygens (including phenoxy) is 1. The maximum Gasteiger partial charge on any atom is 0.162 e. The Morgan fingerprint density at radius 3 is 2.71 bits per heavy atom. The van der Waals surface area contributed by atoms with Gasteiger partial charge in [-0.3, -0.25) is 0 Å². The van der Waals surface area contributed by atoms with Gasteiger partial charge in [0, 0.05) is 29.8 Å². The van der Waals surface area contributed by atoms with Gasteiger partial charge in [0.25, 0.3) is 0 Å². The third-order valence-corrected chi connectivity index (χ3v) is 3.65. The summed E-state index contributed by atoms with van der Waals surface area (Å²) >= 11 is 3.59. The first-order valence-corrected chi connectivity index (χ1v) is 7.80. The molecule has 0 aliphatic rings. The van der Waals surface area contributed by atoms with Crippen molar-refractivity contribution < 1.29 is 4.74 Å². The Morgan fingerprint density at radius 2 is 2.05 bits per heavy atom. The fourth-order valence-corrected chi connectivity index (χ4v) is 2.66. The fraction of sp³-hybridized carbons (Fsp3) is 0.375. The van der Waals surface area contributed by atoms with E-state index in [9.17, 15) is 0 Å². The molecule has 21 heavy (non-hydrogen) atoms. The highest BCUT2D eigenvalue weighted by Crippen LogP contribution is 2.27. The molecular formula is C16H20BrN3O. The summed E-state index contributed by atoms with van der Waals surface area (Å²) in [7, 11) is 1.67. The number of anilines is 1. The number of nitrogens with zero attached hydrogens (tertiary/aromatic N) is 2. The van der Waals surface area contributed by atoms with Crippen molar-refractivity contribution in [2.24, 2.45) is 0 Å². The predicted octanol–water partition coefficient (Wildman–Crippen LogP) is 4.18. The van der Waals surface area contributed by atoms with Crippen molar-refractivity contribution in [1.29, 1.82) is 0 Å². The van der Waals surface area contributed by atoms with E-state index in [-0.39, 0.29) is 0 Å². The van der Waals surface area contributed by atoms with E-state index in [0.29, 0.717) is 12.4 Å². The van der Waals surface area contributed by atoms with E-state index < -0.39 is 0 Å². The monoisotopic (exact) mass is 349 g/mol. The van der Waals surface area contributed by atoms with Crippen molar-refractivity contribution in [3.63, 3.8) is 0 Å². The number of methoxy groups -OCH3 is 1. The zero-order valence-electron chi connectivity index (χ0n) is 12.6. The Morgan fingerprint density at radius 1 is 1.24 bits per heavy atom. The summed E-state index contributed by atoms with van der Waals surface area (Å²) in [5.74, 6) is 1.54. The maximum atomic E-state index is 5.20. The van der Waals surface area contributed by atoms with Gasteiger partial charge in [-0.15, -0.1) is 0 Å². The number of hydrogen-bond acceptors (Lipinski definition) is 4. The summed E-state index contributed by atoms with van der Waals surface area (Å²) in [6.07, 6.45) is 1.05. The first kappa shape index (κ1) is 15.9. The fourth-order valence-electron chi connectivity index (χ4n) is 1.98. The molecule has 1 heterocycles. The Labute approximate surface area is 134 Å². The zero-order chi connectivity index (χ0) is 15.2. The Balaban J connectivity index is 2.43. The molecule has 0 fully saturated rings. The van der Waals surface area contributed by atoms with Crippen LogP contribution in [-0.4, -0.2) is 23.6 Å². The van der Waals surface area contributed by atoms with Gasteiger partial charge >= 0.3 is 0 Å². The molecule has 112 valence electrons. The van der Waals surface area contributed by atoms with Crippen molar-refractivity contribution >= 4 is 21.7 Å². The van der Waals surface area contributed by atoms with Crippen molar-refractivity contribution in [3.05, 3.63) is 40.0 Å². The van der Waals surface area contributed by atoms with Gasteiger partial charge in [-0.2, -0.15) is 0 Å². The second kappa shape index (κ2) is 7.52. The molecule has 0 spiro atoms. The van der Waals surface area contributed by atoms with Crippen LogP contribution in [0.3, 0.4) is 0 Å². The molecular weight excluding hydrogens is 330 g/mol. The predicted molar refractivity (Wildman–Crippen MR) is 89.4 cm³/mol. The number of nitrogens with one attached hydrogen (secondary N) is 1. The third kappa shape index (κ3) is 4.25. The number of hydrogen-bond donors (Lipinski definition) is 1. The van der Waals surface area contributed by atoms with Crippen molar-refractivity contribution in [2.75, 3.05) is 19.0 Å². The topological polar surface area (TPSA) is 47.0 Å². The quantitative estimate of drug-likeness (QED) is 0.849. The van der Waals surface area contributed by atoms with Gasteiger partial charge in [-0.25, -0.2) is 9.97 Å². The van der Waals surface area contributed by atoms with E-state index >= 15 is 0 Å². The molecule has 0 saturated carbocycles. The highest BCUT2D eigenvalue weighted by Gasteiger charge is 2.10. The smallest absolute Gasteiger partial charge is 0.162 e. The first-order valence-electron chi connectivity index (χ1n) is 7.01. The van der Waals surface area contributed by atoms with E-state index in [4.69, 9.17) is 4.74 Å². The molecule has 0 atom stereocenters. The lowest BCUT2D eigenvalue weighted by molar-refractivity contribution is 0.181. The van der Waals surface area contributed by atoms with Crippen LogP contribution >= 0.6 is 15.9 Å². The average Bonchev–Trinajstić information content (AvgIpc) is 2.45. The average molecular weight is 350 g/mol. The van der Waals surface area contributed by atoms with Crippen LogP contribution < -0.4 is 5.32 Å². The lowest BCUT2D eigenvalue weighted by Gasteiger charge is -2.10. The van der Waals surface area contributed by atoms with Crippen LogP contribution in [0.1, 0.15) is 24.6 Å². The normalized spacial score (nSPS) is 10.7. The van der Waals surface area contributed by atoms with Gasteiger partial charge in [0.15, 0.2) is 5.82 Å². The highest BCUT2D eigenvalue weighted by atomic mass is 79.9. The van der Waals surface area contributed by atoms with Crippen LogP contribution in [0.15, 0.2) is 28.7 Å². The molecule has 0 aliphatic carbocycles. The van der Waals surface area contributed by atoms with E-state index in [1.54, 1.807) is 7.11 Å². The Hall–Kier alpha value is -1.46. The number of benzene rings is 1. The Kier molecular flexibility index (Phi) is 5.70. The van der Waals surface area contributed by atoms with Crippen LogP contribution in [0.4, 0.5) is 5.82 Å². The van der Waals surface area contributed by atoms with Crippen LogP contribution in [0.2, 0.25) is 0 Å². The van der Waals surface area contributed by atoms with E-state index in [2.05, 4.69) is 57.2 Å². The maximum absolute atomic E-state index is 5.20. The molecule has 1 aromatic heterocycles. The van der Waals surface area contributed by atoms with Crippen LogP contribution in [-0.2, 0) is 11.3 Å². The van der Waals surface area contributed by atoms with Gasteiger partial charge in [-0.05, 0) is 31.0 Å². The summed E-state index contributed by atoms with van der Waals surface area (Å²) in [5.41, 5.74) is 3.05. The molecule has 0 amide bonds. The molecule has 0 bridgehead atoms. The zero-order valence-corrected chi connectivity index (χ0v) is 14.2. The minimum atomic E-state index is 0.472. The number of halogens is 1. The van der Waals surface area contributed by atoms with Gasteiger partial charge < -0.3 is 10.1 Å². The largest absolute Gasteiger partial charge is 0.378 e. The minimum Gasteiger partial charge on any atom is -0.378 e. The van der Waals surface area contributed by atoms with E-state index in [1.807, 2.05) is 12.1 Å². The molecule has 0 radical (unpaired) electrons. The highest BCUT2D eigenvalue weighted by molar-refractivity contribution is 9.10. The lowest BCUT2D eigenvalue weighted by atomic mass is 10.1. The third-order valence-electron chi connectivity index (χ3n) is 2.99. The molecule has 0 unspecified atom stereocenters. The summed E-state index contributed by atoms with van der Waals surface area (Å²) in [5, 5.41) is 3.31. The molecule has 5 heteroatoms. The number of aryl methyl sites for hydroxylation is 1. The molecule has 4 nitrogen and oxygen atoms in total. The second-order valence-corrected chi connectivity index (χ2v) is 5.77. The molecule has 2 rings (SSSR count). The SMILES string of the molecule is CCCNc1cc(COC)nc(-c2ccc(C)cc2Br)n1. The Bertz CT molecular complexity index is 616. The summed E-state index contributed by atoms with van der Waals surface area (Å²) < 4.78 is 6.20. The molecule has 1 N–H and O–H groups in total. The minimum absolute atomic E-state index is 0.472. The number of rotatable bonds is 6. The number of aromatic nitrogens is 2. The van der Waals surface area contributed by atoms with Crippen molar-refractivity contribution in [3.8, 4) is 11.4 Å². The van der Waals surface area contributed by atoms with Gasteiger partial charge in [-0.1, -0.05) is 28.9 Å². The summed E-state index contributed by atoms with van der Waals surface area (Å²) in [6.45, 7) is 5.55. The lowest BCUT2D eigenvalue weighted by Crippen LogP contribution is -2.06. The molecule has 0 saturated heterocycles. The van der Waals surface area contributed by atoms with Crippen molar-refractivity contribution in [1.82, 2.24) is 9.97 Å². The van der Waals surface area contributed by atoms with Gasteiger partial charge in [0.05, 0.1) is 12.3 Å². The summed E-state index contributed by atoms with van der Waals surface area (Å²) in [4.78, 5) is 9.19. The second-order valence-electron chi connectivity index (χ2n) is 4.91. The standard InChI is InChI=1S/C16H20BrN3O/c1-4-7-18-15-9-12(10-21-3)19-16(20-15)13-6-5-11(2)8-14(13)17/h5-6,8-9H,4,7,10H2,1-3H3,(H,18,19,20). The molecule has 2 aromatic rings. The van der Waals surface area contributed by atoms with Crippen LogP contribution in [0.25, 0.3) is 11.4 Å². The van der Waals surface area contributed by atoms with Crippen LogP contribution in [0, 0.1) is 6.92 Å². The van der Waals surface area contributed by atoms with Crippen LogP contribution in [0.5, 0.6) is 0 Å². The van der Waals surface area contributed by atoms with Gasteiger partial charge in [0.1, 0.15) is 5.82 Å². The van der Waals surface area contributed by atoms with Crippen molar-refractivity contribution in [2.45, 2.75) is 26.9 Å². The van der Waals surface area contributed by atoms with E-state index in [0.717, 1.165) is 34.5 Å². The first-order chi connectivity index (χ1) is 10.1. The van der Waals surface area contributed by atoms with Gasteiger partial charge in [0.2, 0.25) is 0 Å². The summed E-state index contributed by atoms with van der Waals surface area (Å²) in [6, 6.07) is 8.10. The molecule has 1 aromatic carbocycles. The molecule has 0 aliphatic heterocycles. The van der Waals surface area contributed by atoms with E-state index in [1.165, 1.54) is 5.56 Å².